The number of hydrogen-bond donors (Lipinski definition) is 1. The third-order valence-corrected chi connectivity index (χ3v) is 5.76. The van der Waals surface area contributed by atoms with Gasteiger partial charge in [0.1, 0.15) is 12.4 Å². The number of aromatic nitrogens is 3. The number of anilines is 1. The molecule has 4 rings (SSSR count). The highest BCUT2D eigenvalue weighted by Crippen LogP contribution is 2.13. The maximum absolute atomic E-state index is 12.7. The highest BCUT2D eigenvalue weighted by molar-refractivity contribution is 5.89. The average Bonchev–Trinajstić information content (AvgIpc) is 2.90. The first kappa shape index (κ1) is 20.2. The quantitative estimate of drug-likeness (QED) is 0.826. The Morgan fingerprint density at radius 2 is 1.80 bits per heavy atom. The van der Waals surface area contributed by atoms with Crippen LogP contribution in [0.5, 0.6) is 0 Å². The van der Waals surface area contributed by atoms with Crippen LogP contribution in [0, 0.1) is 6.92 Å². The van der Waals surface area contributed by atoms with Gasteiger partial charge in [0.2, 0.25) is 5.91 Å². The van der Waals surface area contributed by atoms with Crippen LogP contribution in [-0.4, -0.2) is 62.3 Å². The number of carbonyl (C=O) groups is 2. The van der Waals surface area contributed by atoms with Crippen LogP contribution < -0.4 is 11.0 Å². The fraction of sp³-hybridized carbons (Fsp3) is 0.524. The van der Waals surface area contributed by atoms with Crippen LogP contribution in [0.1, 0.15) is 30.7 Å². The second-order valence-electron chi connectivity index (χ2n) is 7.99. The molecule has 3 amide bonds. The van der Waals surface area contributed by atoms with E-state index in [4.69, 9.17) is 0 Å². The number of amides is 3. The van der Waals surface area contributed by atoms with Crippen molar-refractivity contribution in [3.63, 3.8) is 0 Å². The summed E-state index contributed by atoms with van der Waals surface area (Å²) in [6.07, 6.45) is 3.88. The summed E-state index contributed by atoms with van der Waals surface area (Å²) in [6, 6.07) is 7.49. The van der Waals surface area contributed by atoms with Crippen molar-refractivity contribution >= 4 is 17.6 Å². The van der Waals surface area contributed by atoms with Gasteiger partial charge < -0.3 is 15.1 Å². The van der Waals surface area contributed by atoms with Crippen LogP contribution in [0.3, 0.4) is 0 Å². The van der Waals surface area contributed by atoms with Gasteiger partial charge in [-0.15, -0.1) is 0 Å². The molecule has 0 spiro atoms. The highest BCUT2D eigenvalue weighted by Gasteiger charge is 2.26. The van der Waals surface area contributed by atoms with Crippen LogP contribution in [0.15, 0.2) is 29.1 Å². The van der Waals surface area contributed by atoms with Gasteiger partial charge in [0.25, 0.3) is 0 Å². The number of fused-ring (bicyclic) bond motifs is 1. The number of carbonyl (C=O) groups excluding carboxylic acids is 2. The van der Waals surface area contributed by atoms with Crippen molar-refractivity contribution in [1.82, 2.24) is 24.1 Å². The van der Waals surface area contributed by atoms with Crippen LogP contribution >= 0.6 is 0 Å². The lowest BCUT2D eigenvalue weighted by atomic mass is 10.2. The molecular weight excluding hydrogens is 384 g/mol. The fourth-order valence-electron chi connectivity index (χ4n) is 4.04. The Morgan fingerprint density at radius 1 is 1.03 bits per heavy atom. The summed E-state index contributed by atoms with van der Waals surface area (Å²) in [5, 5.41) is 7.29. The van der Waals surface area contributed by atoms with Crippen LogP contribution in [0.2, 0.25) is 0 Å². The summed E-state index contributed by atoms with van der Waals surface area (Å²) < 4.78 is 2.99. The number of piperazine rings is 1. The van der Waals surface area contributed by atoms with Crippen LogP contribution in [0.25, 0.3) is 0 Å². The number of nitrogens with one attached hydrogen (secondary N) is 1. The molecule has 0 saturated carbocycles. The van der Waals surface area contributed by atoms with Gasteiger partial charge in [0, 0.05) is 44.8 Å². The predicted octanol–water partition coefficient (Wildman–Crippen LogP) is 1.46. The minimum atomic E-state index is -0.198. The number of rotatable bonds is 3. The highest BCUT2D eigenvalue weighted by atomic mass is 16.2. The monoisotopic (exact) mass is 412 g/mol. The Balaban J connectivity index is 1.31. The molecule has 1 aromatic heterocycles. The number of hydrogen-bond acceptors (Lipinski definition) is 4. The van der Waals surface area contributed by atoms with E-state index in [1.165, 1.54) is 4.68 Å². The first-order chi connectivity index (χ1) is 14.5. The Kier molecular flexibility index (Phi) is 5.87. The molecule has 2 aliphatic rings. The lowest BCUT2D eigenvalue weighted by Crippen LogP contribution is -2.52. The molecule has 1 aromatic carbocycles. The third-order valence-electron chi connectivity index (χ3n) is 5.76. The van der Waals surface area contributed by atoms with Crippen molar-refractivity contribution in [2.24, 2.45) is 0 Å². The summed E-state index contributed by atoms with van der Waals surface area (Å²) in [4.78, 5) is 41.2. The van der Waals surface area contributed by atoms with Crippen molar-refractivity contribution in [3.05, 3.63) is 46.1 Å². The van der Waals surface area contributed by atoms with E-state index < -0.39 is 0 Å². The summed E-state index contributed by atoms with van der Waals surface area (Å²) in [7, 11) is 0. The van der Waals surface area contributed by atoms with E-state index >= 15 is 0 Å². The Hall–Kier alpha value is -3.10. The SMILES string of the molecule is Cc1cccc(NC(=O)N2CCN(C(=O)Cn3nc4n(c3=O)CCCCC4)CC2)c1. The predicted molar refractivity (Wildman–Crippen MR) is 112 cm³/mol. The van der Waals surface area contributed by atoms with Crippen LogP contribution in [0.4, 0.5) is 10.5 Å². The topological polar surface area (TPSA) is 92.5 Å². The minimum absolute atomic E-state index is 0.0473. The number of urea groups is 1. The molecule has 1 fully saturated rings. The van der Waals surface area contributed by atoms with Gasteiger partial charge in [-0.05, 0) is 37.5 Å². The minimum Gasteiger partial charge on any atom is -0.338 e. The van der Waals surface area contributed by atoms with Gasteiger partial charge in [-0.25, -0.2) is 14.3 Å². The molecule has 9 heteroatoms. The number of benzene rings is 1. The maximum Gasteiger partial charge on any atom is 0.346 e. The molecule has 0 aliphatic carbocycles. The van der Waals surface area contributed by atoms with Crippen molar-refractivity contribution in [3.8, 4) is 0 Å². The molecule has 160 valence electrons. The van der Waals surface area contributed by atoms with Gasteiger partial charge >= 0.3 is 11.7 Å². The van der Waals surface area contributed by atoms with Crippen molar-refractivity contribution in [2.45, 2.75) is 45.7 Å². The summed E-state index contributed by atoms with van der Waals surface area (Å²) in [5.41, 5.74) is 1.64. The number of aryl methyl sites for hydroxylation is 2. The van der Waals surface area contributed by atoms with Gasteiger partial charge in [-0.2, -0.15) is 5.10 Å². The van der Waals surface area contributed by atoms with E-state index in [0.717, 1.165) is 42.8 Å². The first-order valence-electron chi connectivity index (χ1n) is 10.6. The van der Waals surface area contributed by atoms with E-state index in [1.54, 1.807) is 14.4 Å². The average molecular weight is 412 g/mol. The van der Waals surface area contributed by atoms with E-state index in [2.05, 4.69) is 10.4 Å². The van der Waals surface area contributed by atoms with Crippen molar-refractivity contribution < 1.29 is 9.59 Å². The largest absolute Gasteiger partial charge is 0.346 e. The molecule has 0 atom stereocenters. The summed E-state index contributed by atoms with van der Waals surface area (Å²) >= 11 is 0. The molecule has 0 bridgehead atoms. The summed E-state index contributed by atoms with van der Waals surface area (Å²) in [6.45, 7) is 4.41. The Labute approximate surface area is 175 Å². The second-order valence-corrected chi connectivity index (χ2v) is 7.99. The smallest absolute Gasteiger partial charge is 0.338 e. The fourth-order valence-corrected chi connectivity index (χ4v) is 4.04. The first-order valence-corrected chi connectivity index (χ1v) is 10.6. The normalized spacial score (nSPS) is 16.7. The van der Waals surface area contributed by atoms with Gasteiger partial charge in [-0.3, -0.25) is 9.36 Å². The molecule has 0 radical (unpaired) electrons. The molecule has 1 N–H and O–H groups in total. The lowest BCUT2D eigenvalue weighted by Gasteiger charge is -2.34. The molecular formula is C21H28N6O3. The standard InChI is InChI=1S/C21H28N6O3/c1-16-6-5-7-17(14-16)22-20(29)25-12-10-24(11-13-25)19(28)15-27-21(30)26-9-4-2-3-8-18(26)23-27/h5-7,14H,2-4,8-13,15H2,1H3,(H,22,29). The molecule has 2 aromatic rings. The zero-order valence-electron chi connectivity index (χ0n) is 17.3. The van der Waals surface area contributed by atoms with Crippen LogP contribution in [-0.2, 0) is 24.3 Å². The third kappa shape index (κ3) is 4.39. The van der Waals surface area contributed by atoms with Gasteiger partial charge in [0.05, 0.1) is 0 Å². The maximum atomic E-state index is 12.7. The summed E-state index contributed by atoms with van der Waals surface area (Å²) in [5.74, 6) is 0.645. The zero-order chi connectivity index (χ0) is 21.1. The molecule has 30 heavy (non-hydrogen) atoms. The molecule has 9 nitrogen and oxygen atoms in total. The van der Waals surface area contributed by atoms with Gasteiger partial charge in [0.15, 0.2) is 0 Å². The number of nitrogens with zero attached hydrogens (tertiary/aromatic N) is 5. The lowest BCUT2D eigenvalue weighted by molar-refractivity contribution is -0.133. The molecule has 2 aliphatic heterocycles. The Morgan fingerprint density at radius 3 is 2.57 bits per heavy atom. The Bertz CT molecular complexity index is 987. The van der Waals surface area contributed by atoms with E-state index in [0.29, 0.717) is 32.7 Å². The molecule has 3 heterocycles. The zero-order valence-corrected chi connectivity index (χ0v) is 17.3. The molecule has 0 unspecified atom stereocenters. The van der Waals surface area contributed by atoms with E-state index in [-0.39, 0.29) is 24.2 Å². The molecule has 1 saturated heterocycles. The van der Waals surface area contributed by atoms with Crippen molar-refractivity contribution in [2.75, 3.05) is 31.5 Å². The van der Waals surface area contributed by atoms with E-state index in [1.807, 2.05) is 31.2 Å². The van der Waals surface area contributed by atoms with Crippen molar-refractivity contribution in [1.29, 1.82) is 0 Å². The van der Waals surface area contributed by atoms with Gasteiger partial charge in [-0.1, -0.05) is 18.6 Å². The van der Waals surface area contributed by atoms with E-state index in [9.17, 15) is 14.4 Å². The second kappa shape index (κ2) is 8.73.